The predicted molar refractivity (Wildman–Crippen MR) is 107 cm³/mol. The summed E-state index contributed by atoms with van der Waals surface area (Å²) in [6.07, 6.45) is 3.09. The molecule has 0 bridgehead atoms. The van der Waals surface area contributed by atoms with Gasteiger partial charge < -0.3 is 19.5 Å². The Bertz CT molecular complexity index is 803. The highest BCUT2D eigenvalue weighted by Gasteiger charge is 2.22. The number of carboxylic acid groups (broad SMARTS) is 1. The molecule has 0 atom stereocenters. The molecule has 0 saturated heterocycles. The van der Waals surface area contributed by atoms with Gasteiger partial charge in [0.05, 0.1) is 4.47 Å². The van der Waals surface area contributed by atoms with E-state index >= 15 is 0 Å². The molecule has 1 N–H and O–H groups in total. The Balaban J connectivity index is 1.42. The van der Waals surface area contributed by atoms with Crippen LogP contribution < -0.4 is 9.47 Å². The standard InChI is InChI=1S/C19H23BrN4O4/c1-23(8-10-28-18-21-11-15(20)12-22-18)7-9-27-17-4-2-3-14-13-24(19(25)26)6-5-16(14)17/h2-4,11-12H,5-10,13H2,1H3,(H,25,26). The highest BCUT2D eigenvalue weighted by molar-refractivity contribution is 9.10. The van der Waals surface area contributed by atoms with E-state index in [1.54, 1.807) is 12.4 Å². The van der Waals surface area contributed by atoms with Crippen molar-refractivity contribution in [3.63, 3.8) is 0 Å². The number of benzene rings is 1. The van der Waals surface area contributed by atoms with Gasteiger partial charge in [-0.05, 0) is 41.0 Å². The summed E-state index contributed by atoms with van der Waals surface area (Å²) in [6, 6.07) is 6.18. The van der Waals surface area contributed by atoms with Crippen LogP contribution in [0, 0.1) is 0 Å². The summed E-state index contributed by atoms with van der Waals surface area (Å²) in [4.78, 5) is 22.8. The van der Waals surface area contributed by atoms with Gasteiger partial charge in [0.15, 0.2) is 0 Å². The lowest BCUT2D eigenvalue weighted by molar-refractivity contribution is 0.139. The van der Waals surface area contributed by atoms with Crippen molar-refractivity contribution in [1.82, 2.24) is 19.8 Å². The molecule has 3 rings (SSSR count). The number of rotatable bonds is 8. The van der Waals surface area contributed by atoms with Gasteiger partial charge in [-0.1, -0.05) is 12.1 Å². The first-order valence-corrected chi connectivity index (χ1v) is 9.82. The zero-order chi connectivity index (χ0) is 19.9. The number of hydrogen-bond acceptors (Lipinski definition) is 6. The smallest absolute Gasteiger partial charge is 0.407 e. The van der Waals surface area contributed by atoms with E-state index < -0.39 is 6.09 Å². The Labute approximate surface area is 172 Å². The van der Waals surface area contributed by atoms with Gasteiger partial charge in [0.25, 0.3) is 0 Å². The lowest BCUT2D eigenvalue weighted by atomic mass is 9.99. The third-order valence-corrected chi connectivity index (χ3v) is 4.93. The first-order valence-electron chi connectivity index (χ1n) is 9.03. The quantitative estimate of drug-likeness (QED) is 0.660. The third-order valence-electron chi connectivity index (χ3n) is 4.52. The van der Waals surface area contributed by atoms with Crippen molar-refractivity contribution in [3.05, 3.63) is 46.2 Å². The molecule has 0 aliphatic carbocycles. The summed E-state index contributed by atoms with van der Waals surface area (Å²) in [5.74, 6) is 0.843. The Kier molecular flexibility index (Phi) is 7.05. The van der Waals surface area contributed by atoms with Crippen LogP contribution in [0.15, 0.2) is 35.1 Å². The largest absolute Gasteiger partial charge is 0.492 e. The van der Waals surface area contributed by atoms with Crippen molar-refractivity contribution in [2.45, 2.75) is 13.0 Å². The summed E-state index contributed by atoms with van der Waals surface area (Å²) in [5.41, 5.74) is 2.13. The first-order chi connectivity index (χ1) is 13.5. The van der Waals surface area contributed by atoms with Crippen molar-refractivity contribution in [2.75, 3.05) is 39.9 Å². The van der Waals surface area contributed by atoms with Crippen LogP contribution in [-0.4, -0.2) is 70.9 Å². The topological polar surface area (TPSA) is 88.0 Å². The molecule has 8 nitrogen and oxygen atoms in total. The Morgan fingerprint density at radius 2 is 1.96 bits per heavy atom. The van der Waals surface area contributed by atoms with Crippen LogP contribution in [0.1, 0.15) is 11.1 Å². The van der Waals surface area contributed by atoms with Crippen LogP contribution in [0.2, 0.25) is 0 Å². The molecular weight excluding hydrogens is 428 g/mol. The summed E-state index contributed by atoms with van der Waals surface area (Å²) >= 11 is 3.29. The summed E-state index contributed by atoms with van der Waals surface area (Å²) in [7, 11) is 2.00. The maximum absolute atomic E-state index is 11.2. The fraction of sp³-hybridized carbons (Fsp3) is 0.421. The molecule has 0 unspecified atom stereocenters. The SMILES string of the molecule is CN(CCOc1ncc(Br)cn1)CCOc1cccc2c1CCN(C(=O)O)C2. The molecule has 0 saturated carbocycles. The van der Waals surface area contributed by atoms with Crippen LogP contribution in [0.25, 0.3) is 0 Å². The molecule has 0 spiro atoms. The van der Waals surface area contributed by atoms with E-state index in [-0.39, 0.29) is 0 Å². The van der Waals surface area contributed by atoms with Gasteiger partial charge in [-0.3, -0.25) is 4.90 Å². The van der Waals surface area contributed by atoms with Gasteiger partial charge in [0, 0.05) is 44.1 Å². The third kappa shape index (κ3) is 5.56. The lowest BCUT2D eigenvalue weighted by Gasteiger charge is -2.28. The first kappa shape index (κ1) is 20.3. The predicted octanol–water partition coefficient (Wildman–Crippen LogP) is 2.66. The fourth-order valence-corrected chi connectivity index (χ4v) is 3.17. The van der Waals surface area contributed by atoms with Gasteiger partial charge >= 0.3 is 12.1 Å². The molecule has 0 radical (unpaired) electrons. The molecule has 0 fully saturated rings. The van der Waals surface area contributed by atoms with E-state index in [0.29, 0.717) is 38.7 Å². The number of ether oxygens (including phenoxy) is 2. The minimum Gasteiger partial charge on any atom is -0.492 e. The Hall–Kier alpha value is -2.39. The van der Waals surface area contributed by atoms with Gasteiger partial charge in [0.1, 0.15) is 19.0 Å². The van der Waals surface area contributed by atoms with Gasteiger partial charge in [-0.15, -0.1) is 0 Å². The molecule has 2 aromatic rings. The van der Waals surface area contributed by atoms with E-state index in [1.165, 1.54) is 4.90 Å². The normalized spacial score (nSPS) is 13.3. The molecule has 1 aromatic carbocycles. The molecule has 1 amide bonds. The number of aromatic nitrogens is 2. The Morgan fingerprint density at radius 1 is 1.25 bits per heavy atom. The molecule has 28 heavy (non-hydrogen) atoms. The highest BCUT2D eigenvalue weighted by Crippen LogP contribution is 2.28. The number of amides is 1. The number of nitrogens with zero attached hydrogens (tertiary/aromatic N) is 4. The van der Waals surface area contributed by atoms with Crippen molar-refractivity contribution in [3.8, 4) is 11.8 Å². The van der Waals surface area contributed by atoms with Crippen LogP contribution in [0.5, 0.6) is 11.8 Å². The minimum absolute atomic E-state index is 0.360. The zero-order valence-corrected chi connectivity index (χ0v) is 17.3. The summed E-state index contributed by atoms with van der Waals surface area (Å²) in [5, 5.41) is 9.16. The zero-order valence-electron chi connectivity index (χ0n) is 15.7. The molecule has 1 aliphatic rings. The highest BCUT2D eigenvalue weighted by atomic mass is 79.9. The number of hydrogen-bond donors (Lipinski definition) is 1. The molecule has 9 heteroatoms. The maximum atomic E-state index is 11.2. The molecule has 1 aliphatic heterocycles. The Morgan fingerprint density at radius 3 is 2.68 bits per heavy atom. The molecular formula is C19H23BrN4O4. The van der Waals surface area contributed by atoms with Crippen molar-refractivity contribution in [1.29, 1.82) is 0 Å². The van der Waals surface area contributed by atoms with Gasteiger partial charge in [-0.25, -0.2) is 14.8 Å². The van der Waals surface area contributed by atoms with E-state index in [0.717, 1.165) is 34.4 Å². The molecule has 1 aromatic heterocycles. The average molecular weight is 451 g/mol. The second kappa shape index (κ2) is 9.70. The van der Waals surface area contributed by atoms with E-state index in [4.69, 9.17) is 14.6 Å². The molecule has 150 valence electrons. The maximum Gasteiger partial charge on any atom is 0.407 e. The monoisotopic (exact) mass is 450 g/mol. The molecule has 2 heterocycles. The van der Waals surface area contributed by atoms with E-state index in [1.807, 2.05) is 25.2 Å². The summed E-state index contributed by atoms with van der Waals surface area (Å²) in [6.45, 7) is 3.42. The van der Waals surface area contributed by atoms with E-state index in [2.05, 4.69) is 30.8 Å². The van der Waals surface area contributed by atoms with Crippen LogP contribution >= 0.6 is 15.9 Å². The second-order valence-corrected chi connectivity index (χ2v) is 7.45. The average Bonchev–Trinajstić information content (AvgIpc) is 2.69. The minimum atomic E-state index is -0.880. The van der Waals surface area contributed by atoms with Crippen molar-refractivity contribution < 1.29 is 19.4 Å². The lowest BCUT2D eigenvalue weighted by Crippen LogP contribution is -2.35. The van der Waals surface area contributed by atoms with Crippen LogP contribution in [0.3, 0.4) is 0 Å². The van der Waals surface area contributed by atoms with Crippen molar-refractivity contribution in [2.24, 2.45) is 0 Å². The summed E-state index contributed by atoms with van der Waals surface area (Å²) < 4.78 is 12.3. The fourth-order valence-electron chi connectivity index (χ4n) is 2.96. The number of fused-ring (bicyclic) bond motifs is 1. The number of carbonyl (C=O) groups is 1. The second-order valence-electron chi connectivity index (χ2n) is 6.53. The van der Waals surface area contributed by atoms with Crippen LogP contribution in [0.4, 0.5) is 4.79 Å². The van der Waals surface area contributed by atoms with Crippen LogP contribution in [-0.2, 0) is 13.0 Å². The van der Waals surface area contributed by atoms with Crippen molar-refractivity contribution >= 4 is 22.0 Å². The van der Waals surface area contributed by atoms with Gasteiger partial charge in [0.2, 0.25) is 0 Å². The van der Waals surface area contributed by atoms with Gasteiger partial charge in [-0.2, -0.15) is 0 Å². The number of halogens is 1. The van der Waals surface area contributed by atoms with E-state index in [9.17, 15) is 4.79 Å². The number of likely N-dealkylation sites (N-methyl/N-ethyl adjacent to an activating group) is 1.